The van der Waals surface area contributed by atoms with Gasteiger partial charge >= 0.3 is 0 Å². The van der Waals surface area contributed by atoms with Crippen LogP contribution in [0, 0.1) is 16.2 Å². The molecule has 0 bridgehead atoms. The zero-order valence-corrected chi connectivity index (χ0v) is 85.2. The Kier molecular flexibility index (Phi) is 36.8. The van der Waals surface area contributed by atoms with Gasteiger partial charge in [0, 0.05) is 200 Å². The van der Waals surface area contributed by atoms with Crippen LogP contribution in [0.25, 0.3) is 0 Å². The summed E-state index contributed by atoms with van der Waals surface area (Å²) >= 11 is 48.7. The van der Waals surface area contributed by atoms with Crippen molar-refractivity contribution in [2.45, 2.75) is 32.1 Å². The molecular weight excluding hydrogens is 1970 g/mol. The van der Waals surface area contributed by atoms with Gasteiger partial charge in [-0.05, 0) is 178 Å². The highest BCUT2D eigenvalue weighted by Gasteiger charge is 2.29. The van der Waals surface area contributed by atoms with Crippen LogP contribution in [0.4, 0.5) is 68.8 Å². The Balaban J connectivity index is 0.000000169. The van der Waals surface area contributed by atoms with E-state index in [0.29, 0.717) is 154 Å². The van der Waals surface area contributed by atoms with Crippen molar-refractivity contribution in [2.24, 2.45) is 4.99 Å². The second-order valence-corrected chi connectivity index (χ2v) is 37.2. The van der Waals surface area contributed by atoms with Crippen molar-refractivity contribution in [3.05, 3.63) is 326 Å². The maximum atomic E-state index is 13.2. The standard InChI is InChI=1S/C27H28Cl2N6O2.C26H26Cl2N6O2.C25H24Cl2N6O2.C24H24Cl2N6O2/c1-34(2)22-15-20(29)14-21(27(37)32-23-11-10-19(28)16-31-23)24(22)33-26(36)18-8-6-17(7-9-18)25(30)35-12-4-3-5-13-35;1-33(2)21-14-19(28)13-20(26(36)31-22-10-9-18(27)15-30-22)23(21)32-25(35)17-7-5-16(6-8-17)24(29)34-11-3-4-12-34;1-32(2)20-13-18(27)12-19(25(35)30-21-9-8-17(26)14-29-21)22(20)31-24(34)16-6-4-15(5-7-16)23-28-10-11-33(23)3;1-31(2)19-12-17(26)11-18(24(34)29-20-10-9-16(25)13-28-20)21(19)30-23(33)15-7-5-14(6-8-15)22(27)32(3)4/h6-11,14-16,30H,3-5,12-13H2,1-2H3,(H,33,36)(H,31,32,37);5-10,13-15,29H,3-4,11-12H2,1-2H3,(H,32,35)(H,30,31,36);4-9,12-14H,10-11H2,1-3H3,(H,31,34)(H,29,30,35);5-13,27H,1-4H3,(H,30,33)(H,28,29,34). The topological polar surface area (TPSA) is 394 Å². The van der Waals surface area contributed by atoms with Gasteiger partial charge in [-0.1, -0.05) is 141 Å². The molecule has 3 aliphatic heterocycles. The van der Waals surface area contributed by atoms with Crippen LogP contribution in [0.2, 0.25) is 40.2 Å². The number of likely N-dealkylation sites (N-methyl/N-ethyl adjacent to an activating group) is 1. The molecule has 0 aliphatic carbocycles. The first-order valence-electron chi connectivity index (χ1n) is 44.4. The van der Waals surface area contributed by atoms with Crippen molar-refractivity contribution in [2.75, 3.05) is 179 Å². The average molecular weight is 2080 g/mol. The number of carbonyl (C=O) groups is 8. The third-order valence-corrected chi connectivity index (χ3v) is 24.1. The highest BCUT2D eigenvalue weighted by Crippen LogP contribution is 2.40. The number of hydrogen-bond acceptors (Lipinski definition) is 21. The van der Waals surface area contributed by atoms with Crippen LogP contribution in [-0.4, -0.2) is 227 Å². The first kappa shape index (κ1) is 106. The normalized spacial score (nSPS) is 12.3. The van der Waals surface area contributed by atoms with Gasteiger partial charge in [0.25, 0.3) is 47.3 Å². The maximum absolute atomic E-state index is 13.2. The van der Waals surface area contributed by atoms with Crippen LogP contribution < -0.4 is 62.1 Å². The molecule has 0 atom stereocenters. The molecule has 3 aliphatic rings. The Morgan fingerprint density at radius 2 is 0.535 bits per heavy atom. The molecule has 142 heavy (non-hydrogen) atoms. The number of aliphatic imine (C=N–C) groups is 1. The van der Waals surface area contributed by atoms with E-state index in [1.54, 1.807) is 253 Å². The van der Waals surface area contributed by atoms with Crippen LogP contribution in [0.15, 0.2) is 224 Å². The molecule has 11 N–H and O–H groups in total. The van der Waals surface area contributed by atoms with Gasteiger partial charge in [0.05, 0.1) is 94.4 Å². The van der Waals surface area contributed by atoms with Crippen molar-refractivity contribution in [1.82, 2.24) is 39.5 Å². The van der Waals surface area contributed by atoms with Gasteiger partial charge in [-0.25, -0.2) is 19.9 Å². The van der Waals surface area contributed by atoms with Crippen LogP contribution in [0.5, 0.6) is 0 Å². The molecular formula is C102H102Cl8N24O8. The van der Waals surface area contributed by atoms with Crippen LogP contribution >= 0.6 is 92.8 Å². The summed E-state index contributed by atoms with van der Waals surface area (Å²) in [6, 6.07) is 53.2. The van der Waals surface area contributed by atoms with E-state index in [2.05, 4.69) is 77.3 Å². The highest BCUT2D eigenvalue weighted by atomic mass is 35.5. The number of hydrogen-bond donors (Lipinski definition) is 11. The van der Waals surface area contributed by atoms with Crippen molar-refractivity contribution in [3.63, 3.8) is 0 Å². The number of rotatable bonds is 24. The number of pyridine rings is 4. The first-order chi connectivity index (χ1) is 67.7. The Morgan fingerprint density at radius 3 is 0.768 bits per heavy atom. The molecule has 40 heteroatoms. The van der Waals surface area contributed by atoms with Crippen molar-refractivity contribution in [3.8, 4) is 0 Å². The zero-order valence-electron chi connectivity index (χ0n) is 79.2. The second-order valence-electron chi connectivity index (χ2n) is 33.7. The highest BCUT2D eigenvalue weighted by molar-refractivity contribution is 6.35. The smallest absolute Gasteiger partial charge is 0.259 e. The van der Waals surface area contributed by atoms with Gasteiger partial charge in [0.1, 0.15) is 46.6 Å². The average Bonchev–Trinajstić information content (AvgIpc) is 0.880. The van der Waals surface area contributed by atoms with Crippen LogP contribution in [0.1, 0.15) is 137 Å². The number of carbonyl (C=O) groups excluding carboxylic acids is 8. The molecule has 8 aromatic carbocycles. The molecule has 15 rings (SSSR count). The largest absolute Gasteiger partial charge is 0.376 e. The number of anilines is 12. The third-order valence-electron chi connectivity index (χ3n) is 22.3. The lowest BCUT2D eigenvalue weighted by Crippen LogP contribution is -2.35. The van der Waals surface area contributed by atoms with Gasteiger partial charge < -0.3 is 81.7 Å². The minimum Gasteiger partial charge on any atom is -0.376 e. The minimum atomic E-state index is -0.495. The first-order valence-corrected chi connectivity index (χ1v) is 47.4. The molecule has 0 radical (unpaired) electrons. The van der Waals surface area contributed by atoms with Crippen molar-refractivity contribution >= 4 is 232 Å². The molecule has 4 aromatic heterocycles. The number of amidine groups is 4. The number of likely N-dealkylation sites (tertiary alicyclic amines) is 2. The molecule has 0 spiro atoms. The predicted octanol–water partition coefficient (Wildman–Crippen LogP) is 20.6. The zero-order chi connectivity index (χ0) is 102. The number of piperidine rings is 1. The van der Waals surface area contributed by atoms with E-state index >= 15 is 0 Å². The quantitative estimate of drug-likeness (QED) is 0.0198. The van der Waals surface area contributed by atoms with Crippen LogP contribution in [-0.2, 0) is 0 Å². The van der Waals surface area contributed by atoms with E-state index in [9.17, 15) is 38.4 Å². The molecule has 0 saturated carbocycles. The molecule has 8 amide bonds. The second kappa shape index (κ2) is 49.1. The minimum absolute atomic E-state index is 0.173. The number of aromatic nitrogens is 4. The lowest BCUT2D eigenvalue weighted by atomic mass is 10.1. The Bertz CT molecular complexity index is 6710. The molecule has 734 valence electrons. The van der Waals surface area contributed by atoms with E-state index in [0.717, 1.165) is 87.5 Å². The number of halogens is 8. The van der Waals surface area contributed by atoms with Gasteiger partial charge in [-0.3, -0.25) is 59.6 Å². The summed E-state index contributed by atoms with van der Waals surface area (Å²) in [5.41, 5.74) is 9.04. The predicted molar refractivity (Wildman–Crippen MR) is 574 cm³/mol. The van der Waals surface area contributed by atoms with Crippen molar-refractivity contribution < 1.29 is 38.4 Å². The summed E-state index contributed by atoms with van der Waals surface area (Å²) in [6.07, 6.45) is 11.2. The summed E-state index contributed by atoms with van der Waals surface area (Å²) in [4.78, 5) is 141. The number of nitrogens with zero attached hydrogens (tertiary/aromatic N) is 13. The number of amides is 8. The van der Waals surface area contributed by atoms with E-state index < -0.39 is 35.4 Å². The number of benzene rings is 8. The summed E-state index contributed by atoms with van der Waals surface area (Å²) in [6.45, 7) is 5.14. The molecule has 2 saturated heterocycles. The fraction of sp³-hybridized carbons (Fsp3) is 0.216. The third kappa shape index (κ3) is 28.2. The summed E-state index contributed by atoms with van der Waals surface area (Å²) in [5, 5.41) is 50.5. The van der Waals surface area contributed by atoms with Gasteiger partial charge in [-0.2, -0.15) is 0 Å². The Morgan fingerprint density at radius 1 is 0.289 bits per heavy atom. The lowest BCUT2D eigenvalue weighted by Gasteiger charge is -2.29. The Labute approximate surface area is 861 Å². The van der Waals surface area contributed by atoms with Crippen molar-refractivity contribution in [1.29, 1.82) is 16.2 Å². The number of nitrogens with one attached hydrogen (secondary N) is 11. The fourth-order valence-electron chi connectivity index (χ4n) is 14.9. The maximum Gasteiger partial charge on any atom is 0.259 e. The molecule has 32 nitrogen and oxygen atoms in total. The molecule has 2 fully saturated rings. The summed E-state index contributed by atoms with van der Waals surface area (Å²) in [5.74, 6) is -0.0910. The van der Waals surface area contributed by atoms with Gasteiger partial charge in [0.15, 0.2) is 0 Å². The monoisotopic (exact) mass is 2070 g/mol. The van der Waals surface area contributed by atoms with Gasteiger partial charge in [-0.15, -0.1) is 0 Å². The van der Waals surface area contributed by atoms with Gasteiger partial charge in [0.2, 0.25) is 0 Å². The summed E-state index contributed by atoms with van der Waals surface area (Å²) < 4.78 is 0. The van der Waals surface area contributed by atoms with E-state index in [1.807, 2.05) is 24.1 Å². The Hall–Kier alpha value is -14.5. The lowest BCUT2D eigenvalue weighted by molar-refractivity contribution is 0.101. The SMILES string of the molecule is CN(C)C(=N)c1ccc(C(=O)Nc2c(C(=O)Nc3ccc(Cl)cn3)cc(Cl)cc2N(C)C)cc1.CN(C)c1cc(Cl)cc(C(=O)Nc2ccc(Cl)cn2)c1NC(=O)c1ccc(C(=N)N2CCCC2)cc1.CN(C)c1cc(Cl)cc(C(=O)Nc2ccc(Cl)cn2)c1NC(=O)c1ccc(C(=N)N2CCCCC2)cc1.CN1CCN=C1c1ccc(C(=O)Nc2c(C(=O)Nc3ccc(Cl)cn3)cc(Cl)cc2N(C)C)cc1. The molecule has 12 aromatic rings. The van der Waals surface area contributed by atoms with E-state index in [-0.39, 0.29) is 34.1 Å². The molecule has 7 heterocycles. The fourth-order valence-corrected chi connectivity index (χ4v) is 16.2. The summed E-state index contributed by atoms with van der Waals surface area (Å²) in [7, 11) is 19.9. The van der Waals surface area contributed by atoms with Crippen LogP contribution in [0.3, 0.4) is 0 Å². The molecule has 0 unspecified atom stereocenters. The van der Waals surface area contributed by atoms with E-state index in [1.165, 1.54) is 55.5 Å². The van der Waals surface area contributed by atoms with E-state index in [4.69, 9.17) is 109 Å².